The van der Waals surface area contributed by atoms with E-state index in [1.165, 1.54) is 0 Å². The van der Waals surface area contributed by atoms with Crippen molar-refractivity contribution in [3.05, 3.63) is 66.3 Å². The van der Waals surface area contributed by atoms with E-state index in [4.69, 9.17) is 9.78 Å². The quantitative estimate of drug-likeness (QED) is 0.576. The van der Waals surface area contributed by atoms with Gasteiger partial charge in [0.05, 0.1) is 5.56 Å². The van der Waals surface area contributed by atoms with Crippen molar-refractivity contribution in [2.75, 3.05) is 0 Å². The van der Waals surface area contributed by atoms with Gasteiger partial charge in [-0.25, -0.2) is 4.79 Å². The maximum Gasteiger partial charge on any atom is 0.373 e. The number of benzene rings is 2. The van der Waals surface area contributed by atoms with Gasteiger partial charge >= 0.3 is 5.97 Å². The highest BCUT2D eigenvalue weighted by molar-refractivity contribution is 5.89. The fraction of sp³-hybridized carbons (Fsp3) is 0.300. The van der Waals surface area contributed by atoms with Gasteiger partial charge in [0, 0.05) is 0 Å². The molecule has 1 saturated carbocycles. The smallest absolute Gasteiger partial charge is 0.292 e. The summed E-state index contributed by atoms with van der Waals surface area (Å²) in [7, 11) is 0. The molecule has 2 aromatic carbocycles. The number of rotatable bonds is 4. The summed E-state index contributed by atoms with van der Waals surface area (Å²) in [4.78, 5) is 22.2. The molecule has 3 heteroatoms. The molecule has 0 saturated heterocycles. The van der Waals surface area contributed by atoms with E-state index in [9.17, 15) is 4.79 Å². The van der Waals surface area contributed by atoms with Crippen LogP contribution in [0.1, 0.15) is 43.0 Å². The Morgan fingerprint density at radius 1 is 0.913 bits per heavy atom. The molecule has 0 bridgehead atoms. The van der Waals surface area contributed by atoms with Gasteiger partial charge in [0.25, 0.3) is 0 Å². The van der Waals surface area contributed by atoms with Crippen molar-refractivity contribution < 1.29 is 14.6 Å². The van der Waals surface area contributed by atoms with Crippen LogP contribution in [0.3, 0.4) is 0 Å². The molecule has 0 atom stereocenters. The Hall–Kier alpha value is -2.13. The van der Waals surface area contributed by atoms with Crippen LogP contribution in [0.2, 0.25) is 0 Å². The van der Waals surface area contributed by atoms with E-state index >= 15 is 0 Å². The van der Waals surface area contributed by atoms with E-state index in [0.717, 1.165) is 48.8 Å². The molecule has 0 spiro atoms. The van der Waals surface area contributed by atoms with E-state index in [1.54, 1.807) is 12.1 Å². The average molecular weight is 309 g/mol. The second-order valence-corrected chi connectivity index (χ2v) is 6.12. The van der Waals surface area contributed by atoms with Crippen molar-refractivity contribution in [2.45, 2.75) is 32.6 Å². The molecule has 1 aliphatic carbocycles. The van der Waals surface area contributed by atoms with Gasteiger partial charge in [0.15, 0.2) is 0 Å². The standard InChI is InChI=1S/C20H21O3/c1-15-7-13-19(14-8-15)22-23-20(21)18-11-9-17(10-12-18)16-5-3-2-4-6-16/h2-6,9-12,15H,7-8,13-14H2,1H3. The molecule has 0 unspecified atom stereocenters. The van der Waals surface area contributed by atoms with Gasteiger partial charge in [-0.05, 0) is 54.9 Å². The summed E-state index contributed by atoms with van der Waals surface area (Å²) in [5, 5.41) is 0. The molecule has 119 valence electrons. The highest BCUT2D eigenvalue weighted by Gasteiger charge is 2.22. The second-order valence-electron chi connectivity index (χ2n) is 6.12. The number of hydrogen-bond acceptors (Lipinski definition) is 3. The number of carbonyl (C=O) groups excluding carboxylic acids is 1. The van der Waals surface area contributed by atoms with E-state index in [-0.39, 0.29) is 0 Å². The molecule has 1 fully saturated rings. The molecule has 0 amide bonds. The monoisotopic (exact) mass is 309 g/mol. The zero-order valence-corrected chi connectivity index (χ0v) is 13.3. The van der Waals surface area contributed by atoms with Crippen LogP contribution in [0.15, 0.2) is 54.6 Å². The fourth-order valence-electron chi connectivity index (χ4n) is 2.74. The van der Waals surface area contributed by atoms with Crippen molar-refractivity contribution in [1.29, 1.82) is 0 Å². The first-order valence-electron chi connectivity index (χ1n) is 8.11. The van der Waals surface area contributed by atoms with Crippen molar-refractivity contribution in [2.24, 2.45) is 5.92 Å². The first-order valence-corrected chi connectivity index (χ1v) is 8.11. The maximum atomic E-state index is 12.0. The van der Waals surface area contributed by atoms with Crippen LogP contribution in [0.25, 0.3) is 11.1 Å². The Bertz CT molecular complexity index is 626. The molecule has 23 heavy (non-hydrogen) atoms. The summed E-state index contributed by atoms with van der Waals surface area (Å²) in [6, 6.07) is 17.4. The second kappa shape index (κ2) is 7.42. The van der Waals surface area contributed by atoms with Gasteiger partial charge in [-0.1, -0.05) is 49.4 Å². The Balaban J connectivity index is 1.55. The van der Waals surface area contributed by atoms with Gasteiger partial charge in [-0.15, -0.1) is 0 Å². The number of carbonyl (C=O) groups is 1. The summed E-state index contributed by atoms with van der Waals surface area (Å²) in [5.41, 5.74) is 2.68. The molecule has 0 heterocycles. The van der Waals surface area contributed by atoms with Crippen LogP contribution in [0.4, 0.5) is 0 Å². The molecule has 1 radical (unpaired) electrons. The lowest BCUT2D eigenvalue weighted by atomic mass is 9.89. The van der Waals surface area contributed by atoms with Crippen LogP contribution in [0, 0.1) is 12.0 Å². The molecule has 1 aliphatic rings. The van der Waals surface area contributed by atoms with Gasteiger partial charge in [0.2, 0.25) is 0 Å². The Labute approximate surface area is 137 Å². The minimum atomic E-state index is -0.448. The highest BCUT2D eigenvalue weighted by Crippen LogP contribution is 2.30. The van der Waals surface area contributed by atoms with Crippen LogP contribution in [-0.4, -0.2) is 5.97 Å². The third-order valence-electron chi connectivity index (χ3n) is 4.29. The zero-order chi connectivity index (χ0) is 16.1. The minimum Gasteiger partial charge on any atom is -0.292 e. The van der Waals surface area contributed by atoms with E-state index in [2.05, 4.69) is 6.92 Å². The number of hydrogen-bond donors (Lipinski definition) is 0. The normalized spacial score (nSPS) is 16.2. The van der Waals surface area contributed by atoms with E-state index in [0.29, 0.717) is 5.56 Å². The molecule has 0 aromatic heterocycles. The summed E-state index contributed by atoms with van der Waals surface area (Å²) < 4.78 is 0. The van der Waals surface area contributed by atoms with Crippen molar-refractivity contribution in [1.82, 2.24) is 0 Å². The van der Waals surface area contributed by atoms with E-state index < -0.39 is 5.97 Å². The van der Waals surface area contributed by atoms with Gasteiger partial charge < -0.3 is 0 Å². The van der Waals surface area contributed by atoms with Crippen LogP contribution >= 0.6 is 0 Å². The van der Waals surface area contributed by atoms with Gasteiger partial charge in [0.1, 0.15) is 6.10 Å². The molecular weight excluding hydrogens is 288 g/mol. The Kier molecular flexibility index (Phi) is 5.09. The molecular formula is C20H21O3. The van der Waals surface area contributed by atoms with Crippen LogP contribution in [-0.2, 0) is 9.78 Å². The van der Waals surface area contributed by atoms with Crippen LogP contribution in [0.5, 0.6) is 0 Å². The lowest BCUT2D eigenvalue weighted by Gasteiger charge is -2.23. The largest absolute Gasteiger partial charge is 0.373 e. The third kappa shape index (κ3) is 4.20. The predicted octanol–water partition coefficient (Wildman–Crippen LogP) is 5.18. The molecule has 0 N–H and O–H groups in total. The SMILES string of the molecule is CC1CC[C](OOC(=O)c2ccc(-c3ccccc3)cc2)CC1. The topological polar surface area (TPSA) is 35.5 Å². The first-order chi connectivity index (χ1) is 11.2. The summed E-state index contributed by atoms with van der Waals surface area (Å²) in [6.45, 7) is 2.23. The van der Waals surface area contributed by atoms with Crippen molar-refractivity contribution >= 4 is 5.97 Å². The van der Waals surface area contributed by atoms with Gasteiger partial charge in [-0.3, -0.25) is 4.89 Å². The van der Waals surface area contributed by atoms with Crippen molar-refractivity contribution in [3.8, 4) is 11.1 Å². The lowest BCUT2D eigenvalue weighted by Crippen LogP contribution is -2.16. The third-order valence-corrected chi connectivity index (χ3v) is 4.29. The van der Waals surface area contributed by atoms with Gasteiger partial charge in [-0.2, -0.15) is 4.89 Å². The first kappa shape index (κ1) is 15.8. The van der Waals surface area contributed by atoms with Crippen molar-refractivity contribution in [3.63, 3.8) is 0 Å². The molecule has 3 rings (SSSR count). The maximum absolute atomic E-state index is 12.0. The minimum absolute atomic E-state index is 0.448. The zero-order valence-electron chi connectivity index (χ0n) is 13.3. The van der Waals surface area contributed by atoms with Crippen LogP contribution < -0.4 is 0 Å². The molecule has 0 aliphatic heterocycles. The predicted molar refractivity (Wildman–Crippen MR) is 89.3 cm³/mol. The average Bonchev–Trinajstić information content (AvgIpc) is 2.62. The summed E-state index contributed by atoms with van der Waals surface area (Å²) in [5.74, 6) is 0.277. The molecule has 2 aromatic rings. The summed E-state index contributed by atoms with van der Waals surface area (Å²) in [6.07, 6.45) is 4.82. The molecule has 3 nitrogen and oxygen atoms in total. The Morgan fingerprint density at radius 2 is 1.52 bits per heavy atom. The Morgan fingerprint density at radius 3 is 2.17 bits per heavy atom. The van der Waals surface area contributed by atoms with E-state index in [1.807, 2.05) is 42.5 Å². The fourth-order valence-corrected chi connectivity index (χ4v) is 2.74. The lowest BCUT2D eigenvalue weighted by molar-refractivity contribution is -0.240. The summed E-state index contributed by atoms with van der Waals surface area (Å²) >= 11 is 0. The highest BCUT2D eigenvalue weighted by atomic mass is 17.2.